The number of anilines is 1. The van der Waals surface area contributed by atoms with Crippen LogP contribution in [0.1, 0.15) is 18.4 Å². The minimum Gasteiger partial charge on any atom is -0.480 e. The number of rotatable bonds is 1. The summed E-state index contributed by atoms with van der Waals surface area (Å²) < 4.78 is 11.5. The van der Waals surface area contributed by atoms with Gasteiger partial charge in [0.2, 0.25) is 0 Å². The van der Waals surface area contributed by atoms with E-state index in [4.69, 9.17) is 9.47 Å². The Morgan fingerprint density at radius 3 is 3.12 bits per heavy atom. The lowest BCUT2D eigenvalue weighted by Gasteiger charge is -2.33. The Morgan fingerprint density at radius 2 is 2.29 bits per heavy atom. The molecule has 0 saturated carbocycles. The third kappa shape index (κ3) is 1.84. The van der Waals surface area contributed by atoms with Crippen molar-refractivity contribution in [3.05, 3.63) is 11.5 Å². The Labute approximate surface area is 101 Å². The smallest absolute Gasteiger partial charge is 0.183 e. The molecule has 0 N–H and O–H groups in total. The molecule has 3 heterocycles. The first-order valence-corrected chi connectivity index (χ1v) is 6.14. The summed E-state index contributed by atoms with van der Waals surface area (Å²) in [7, 11) is 0. The molecule has 5 nitrogen and oxygen atoms in total. The number of ether oxygens (including phenoxy) is 2. The third-order valence-electron chi connectivity index (χ3n) is 3.18. The third-order valence-corrected chi connectivity index (χ3v) is 3.18. The quantitative estimate of drug-likeness (QED) is 0.725. The topological polar surface area (TPSA) is 47.5 Å². The van der Waals surface area contributed by atoms with Gasteiger partial charge in [-0.25, -0.2) is 9.97 Å². The van der Waals surface area contributed by atoms with Crippen LogP contribution in [0.3, 0.4) is 0 Å². The highest BCUT2D eigenvalue weighted by Gasteiger charge is 2.31. The van der Waals surface area contributed by atoms with Crippen LogP contribution in [-0.2, 0) is 11.2 Å². The van der Waals surface area contributed by atoms with Gasteiger partial charge in [0, 0.05) is 6.54 Å². The van der Waals surface area contributed by atoms with Crippen molar-refractivity contribution in [2.75, 3.05) is 31.2 Å². The van der Waals surface area contributed by atoms with E-state index in [2.05, 4.69) is 21.8 Å². The standard InChI is InChI=1S/C12H17N3O2/c1-3-10-11-12(14-8(2)13-10)15-4-5-16-7-9(6-15)17-11/h9H,3-7H2,1-2H3. The predicted octanol–water partition coefficient (Wildman–Crippen LogP) is 0.945. The Balaban J connectivity index is 2.08. The summed E-state index contributed by atoms with van der Waals surface area (Å²) in [5.74, 6) is 2.61. The fourth-order valence-corrected chi connectivity index (χ4v) is 2.39. The maximum atomic E-state index is 5.97. The second-order valence-electron chi connectivity index (χ2n) is 4.48. The van der Waals surface area contributed by atoms with Crippen molar-refractivity contribution in [2.45, 2.75) is 26.4 Å². The fourth-order valence-electron chi connectivity index (χ4n) is 2.39. The molecule has 5 heteroatoms. The van der Waals surface area contributed by atoms with Crippen LogP contribution in [0.5, 0.6) is 5.75 Å². The Kier molecular flexibility index (Phi) is 2.63. The molecule has 0 radical (unpaired) electrons. The Bertz CT molecular complexity index is 436. The molecule has 3 rings (SSSR count). The highest BCUT2D eigenvalue weighted by molar-refractivity contribution is 5.57. The zero-order chi connectivity index (χ0) is 11.8. The van der Waals surface area contributed by atoms with E-state index in [9.17, 15) is 0 Å². The molecular weight excluding hydrogens is 218 g/mol. The lowest BCUT2D eigenvalue weighted by Crippen LogP contribution is -2.41. The summed E-state index contributed by atoms with van der Waals surface area (Å²) in [5.41, 5.74) is 1.00. The summed E-state index contributed by atoms with van der Waals surface area (Å²) in [4.78, 5) is 11.2. The Morgan fingerprint density at radius 1 is 1.41 bits per heavy atom. The normalized spacial score (nSPS) is 22.7. The second-order valence-corrected chi connectivity index (χ2v) is 4.48. The van der Waals surface area contributed by atoms with Gasteiger partial charge in [0.1, 0.15) is 11.9 Å². The van der Waals surface area contributed by atoms with Gasteiger partial charge in [-0.05, 0) is 13.3 Å². The average Bonchev–Trinajstić information content (AvgIpc) is 2.52. The maximum absolute atomic E-state index is 5.97. The largest absolute Gasteiger partial charge is 0.480 e. The second kappa shape index (κ2) is 4.14. The molecule has 1 fully saturated rings. The van der Waals surface area contributed by atoms with E-state index in [1.807, 2.05) is 6.92 Å². The summed E-state index contributed by atoms with van der Waals surface area (Å²) >= 11 is 0. The molecular formula is C12H17N3O2. The van der Waals surface area contributed by atoms with Gasteiger partial charge >= 0.3 is 0 Å². The van der Waals surface area contributed by atoms with E-state index in [-0.39, 0.29) is 6.10 Å². The van der Waals surface area contributed by atoms with Gasteiger partial charge in [-0.15, -0.1) is 0 Å². The van der Waals surface area contributed by atoms with Crippen molar-refractivity contribution in [1.82, 2.24) is 9.97 Å². The molecule has 0 aromatic carbocycles. The summed E-state index contributed by atoms with van der Waals surface area (Å²) in [6.07, 6.45) is 0.981. The predicted molar refractivity (Wildman–Crippen MR) is 63.6 cm³/mol. The van der Waals surface area contributed by atoms with Gasteiger partial charge in [0.25, 0.3) is 0 Å². The number of fused-ring (bicyclic) bond motifs is 4. The average molecular weight is 235 g/mol. The van der Waals surface area contributed by atoms with E-state index < -0.39 is 0 Å². The van der Waals surface area contributed by atoms with Crippen molar-refractivity contribution in [3.8, 4) is 5.75 Å². The molecule has 1 saturated heterocycles. The Hall–Kier alpha value is -1.36. The number of hydrogen-bond acceptors (Lipinski definition) is 5. The van der Waals surface area contributed by atoms with E-state index >= 15 is 0 Å². The number of aromatic nitrogens is 2. The summed E-state index contributed by atoms with van der Waals surface area (Å²) in [6, 6.07) is 0. The van der Waals surface area contributed by atoms with Crippen LogP contribution >= 0.6 is 0 Å². The van der Waals surface area contributed by atoms with Gasteiger partial charge in [-0.1, -0.05) is 6.92 Å². The van der Waals surface area contributed by atoms with E-state index in [1.165, 1.54) is 0 Å². The first kappa shape index (κ1) is 10.8. The molecule has 92 valence electrons. The monoisotopic (exact) mass is 235 g/mol. The minimum atomic E-state index is 0.113. The fraction of sp³-hybridized carbons (Fsp3) is 0.667. The van der Waals surface area contributed by atoms with Gasteiger partial charge in [0.05, 0.1) is 25.5 Å². The molecule has 0 aliphatic carbocycles. The number of aryl methyl sites for hydroxylation is 2. The first-order valence-electron chi connectivity index (χ1n) is 6.14. The van der Waals surface area contributed by atoms with Crippen LogP contribution in [0.4, 0.5) is 5.82 Å². The number of hydrogen-bond donors (Lipinski definition) is 0. The molecule has 2 bridgehead atoms. The maximum Gasteiger partial charge on any atom is 0.183 e. The minimum absolute atomic E-state index is 0.113. The van der Waals surface area contributed by atoms with Gasteiger partial charge < -0.3 is 14.4 Å². The van der Waals surface area contributed by atoms with E-state index in [0.717, 1.165) is 49.2 Å². The van der Waals surface area contributed by atoms with Crippen LogP contribution in [0, 0.1) is 6.92 Å². The van der Waals surface area contributed by atoms with Gasteiger partial charge in [-0.3, -0.25) is 0 Å². The molecule has 1 atom stereocenters. The lowest BCUT2D eigenvalue weighted by atomic mass is 10.2. The van der Waals surface area contributed by atoms with Gasteiger partial charge in [0.15, 0.2) is 11.6 Å². The molecule has 1 unspecified atom stereocenters. The zero-order valence-corrected chi connectivity index (χ0v) is 10.3. The summed E-state index contributed by atoms with van der Waals surface area (Å²) in [5, 5.41) is 0. The van der Waals surface area contributed by atoms with Crippen molar-refractivity contribution in [2.24, 2.45) is 0 Å². The molecule has 1 aromatic rings. The zero-order valence-electron chi connectivity index (χ0n) is 10.3. The van der Waals surface area contributed by atoms with Crippen molar-refractivity contribution < 1.29 is 9.47 Å². The van der Waals surface area contributed by atoms with Crippen LogP contribution in [0.25, 0.3) is 0 Å². The van der Waals surface area contributed by atoms with Gasteiger partial charge in [-0.2, -0.15) is 0 Å². The summed E-state index contributed by atoms with van der Waals surface area (Å²) in [6.45, 7) is 7.17. The SMILES string of the molecule is CCc1nc(C)nc2c1OC1COCCN2C1. The lowest BCUT2D eigenvalue weighted by molar-refractivity contribution is 0.0710. The van der Waals surface area contributed by atoms with E-state index in [1.54, 1.807) is 0 Å². The van der Waals surface area contributed by atoms with E-state index in [0.29, 0.717) is 6.61 Å². The highest BCUT2D eigenvalue weighted by atomic mass is 16.5. The van der Waals surface area contributed by atoms with Crippen molar-refractivity contribution in [1.29, 1.82) is 0 Å². The molecule has 0 spiro atoms. The van der Waals surface area contributed by atoms with Crippen LogP contribution in [-0.4, -0.2) is 42.4 Å². The molecule has 2 aliphatic heterocycles. The van der Waals surface area contributed by atoms with Crippen LogP contribution in [0.2, 0.25) is 0 Å². The molecule has 2 aliphatic rings. The van der Waals surface area contributed by atoms with Crippen molar-refractivity contribution >= 4 is 5.82 Å². The first-order chi connectivity index (χ1) is 8.28. The molecule has 1 aromatic heterocycles. The van der Waals surface area contributed by atoms with Crippen molar-refractivity contribution in [3.63, 3.8) is 0 Å². The molecule has 0 amide bonds. The molecule has 17 heavy (non-hydrogen) atoms. The van der Waals surface area contributed by atoms with Crippen LogP contribution < -0.4 is 9.64 Å². The van der Waals surface area contributed by atoms with Crippen LogP contribution in [0.15, 0.2) is 0 Å². The number of nitrogens with zero attached hydrogens (tertiary/aromatic N) is 3. The highest BCUT2D eigenvalue weighted by Crippen LogP contribution is 2.35.